The Labute approximate surface area is 233 Å². The number of aromatic carboxylic acids is 1. The van der Waals surface area contributed by atoms with E-state index in [1.165, 1.54) is 18.2 Å². The molecule has 2 aliphatic rings. The molecule has 2 N–H and O–H groups in total. The first-order chi connectivity index (χ1) is 19.3. The van der Waals surface area contributed by atoms with E-state index in [0.29, 0.717) is 37.4 Å². The standard InChI is InChI=1S/C28H26ClF2N5O4/c29-18-2-1-17(21(31)11-18)15-40-27-20(30)3-4-22(33-27)16-5-8-35(9-6-16)14-25-34-26-24(12-23(32-26)28(37)38)36(25)13-19-7-10-39-19/h1-5,11-12,19,32H,6-10,13-15H2,(H,37,38)/t19-/m0/s1. The van der Waals surface area contributed by atoms with Crippen LogP contribution in [0.4, 0.5) is 8.78 Å². The van der Waals surface area contributed by atoms with Crippen LogP contribution in [0, 0.1) is 11.6 Å². The largest absolute Gasteiger partial charge is 0.477 e. The minimum absolute atomic E-state index is 0.0873. The van der Waals surface area contributed by atoms with Gasteiger partial charge in [0.2, 0.25) is 0 Å². The summed E-state index contributed by atoms with van der Waals surface area (Å²) in [5, 5.41) is 9.63. The Morgan fingerprint density at radius 3 is 2.75 bits per heavy atom. The van der Waals surface area contributed by atoms with Crippen LogP contribution in [0.3, 0.4) is 0 Å². The molecule has 0 amide bonds. The van der Waals surface area contributed by atoms with Crippen LogP contribution in [0.2, 0.25) is 5.02 Å². The number of rotatable bonds is 9. The van der Waals surface area contributed by atoms with Gasteiger partial charge in [0.05, 0.1) is 30.4 Å². The number of halogens is 3. The SMILES string of the molecule is O=C(O)c1cc2c(nc(CN3CC=C(c4ccc(F)c(OCc5ccc(Cl)cc5F)n4)CC3)n2C[C@@H]2CCO2)[nH]1. The van der Waals surface area contributed by atoms with Crippen molar-refractivity contribution in [3.63, 3.8) is 0 Å². The number of benzene rings is 1. The summed E-state index contributed by atoms with van der Waals surface area (Å²) < 4.78 is 41.7. The van der Waals surface area contributed by atoms with Crippen molar-refractivity contribution in [3.8, 4) is 5.88 Å². The molecule has 0 radical (unpaired) electrons. The van der Waals surface area contributed by atoms with E-state index in [0.717, 1.165) is 36.5 Å². The first kappa shape index (κ1) is 26.4. The van der Waals surface area contributed by atoms with Crippen molar-refractivity contribution in [1.29, 1.82) is 0 Å². The lowest BCUT2D eigenvalue weighted by Gasteiger charge is -2.29. The van der Waals surface area contributed by atoms with E-state index in [1.807, 2.05) is 10.6 Å². The Hall–Kier alpha value is -3.80. The van der Waals surface area contributed by atoms with Crippen molar-refractivity contribution in [2.45, 2.75) is 38.6 Å². The summed E-state index contributed by atoms with van der Waals surface area (Å²) in [6.45, 7) is 3.08. The van der Waals surface area contributed by atoms with Gasteiger partial charge in [-0.05, 0) is 48.7 Å². The molecule has 0 unspecified atom stereocenters. The zero-order valence-electron chi connectivity index (χ0n) is 21.4. The van der Waals surface area contributed by atoms with E-state index in [9.17, 15) is 18.7 Å². The second kappa shape index (κ2) is 11.0. The number of fused-ring (bicyclic) bond motifs is 1. The number of carboxylic acids is 1. The number of imidazole rings is 1. The maximum atomic E-state index is 14.4. The molecule has 9 nitrogen and oxygen atoms in total. The van der Waals surface area contributed by atoms with Crippen molar-refractivity contribution in [1.82, 2.24) is 24.4 Å². The minimum atomic E-state index is -1.03. The van der Waals surface area contributed by atoms with Gasteiger partial charge in [-0.25, -0.2) is 23.5 Å². The maximum Gasteiger partial charge on any atom is 0.352 e. The smallest absolute Gasteiger partial charge is 0.352 e. The van der Waals surface area contributed by atoms with Crippen LogP contribution in [-0.2, 0) is 24.4 Å². The van der Waals surface area contributed by atoms with Gasteiger partial charge in [0.1, 0.15) is 23.9 Å². The topological polar surface area (TPSA) is 106 Å². The highest BCUT2D eigenvalue weighted by atomic mass is 35.5. The lowest BCUT2D eigenvalue weighted by Crippen LogP contribution is -2.33. The molecule has 4 aromatic rings. The number of nitrogens with one attached hydrogen (secondary N) is 1. The number of pyridine rings is 1. The molecule has 0 bridgehead atoms. The molecular formula is C28H26ClF2N5O4. The molecule has 0 aliphatic carbocycles. The molecule has 1 atom stereocenters. The monoisotopic (exact) mass is 569 g/mol. The molecule has 0 saturated carbocycles. The zero-order valence-corrected chi connectivity index (χ0v) is 22.1. The second-order valence-corrected chi connectivity index (χ2v) is 10.3. The van der Waals surface area contributed by atoms with Crippen molar-refractivity contribution in [2.24, 2.45) is 0 Å². The summed E-state index contributed by atoms with van der Waals surface area (Å²) in [6, 6.07) is 8.75. The average molecular weight is 570 g/mol. The highest BCUT2D eigenvalue weighted by Crippen LogP contribution is 2.27. The number of H-pyrrole nitrogens is 1. The number of nitrogens with zero attached hydrogens (tertiary/aromatic N) is 4. The Morgan fingerprint density at radius 1 is 1.20 bits per heavy atom. The Balaban J connectivity index is 1.15. The van der Waals surface area contributed by atoms with Crippen LogP contribution in [-0.4, -0.2) is 61.3 Å². The fraction of sp³-hybridized carbons (Fsp3) is 0.321. The first-order valence-electron chi connectivity index (χ1n) is 12.9. The summed E-state index contributed by atoms with van der Waals surface area (Å²) in [5.74, 6) is -1.54. The van der Waals surface area contributed by atoms with Gasteiger partial charge in [0.15, 0.2) is 11.5 Å². The number of hydrogen-bond acceptors (Lipinski definition) is 6. The van der Waals surface area contributed by atoms with Gasteiger partial charge in [0.25, 0.3) is 5.88 Å². The molecule has 5 heterocycles. The molecule has 1 saturated heterocycles. The molecule has 208 valence electrons. The van der Waals surface area contributed by atoms with E-state index in [2.05, 4.69) is 14.9 Å². The Morgan fingerprint density at radius 2 is 2.05 bits per heavy atom. The molecule has 6 rings (SSSR count). The van der Waals surface area contributed by atoms with Crippen molar-refractivity contribution in [3.05, 3.63) is 81.9 Å². The van der Waals surface area contributed by atoms with E-state index in [1.54, 1.807) is 18.2 Å². The van der Waals surface area contributed by atoms with Crippen molar-refractivity contribution in [2.75, 3.05) is 19.7 Å². The maximum absolute atomic E-state index is 14.4. The molecule has 2 aliphatic heterocycles. The molecule has 1 aromatic carbocycles. The highest BCUT2D eigenvalue weighted by Gasteiger charge is 2.25. The average Bonchev–Trinajstić information content (AvgIpc) is 3.45. The van der Waals surface area contributed by atoms with Crippen LogP contribution in [0.5, 0.6) is 5.88 Å². The number of carboxylic acid groups (broad SMARTS) is 1. The Kier molecular flexibility index (Phi) is 7.26. The molecule has 3 aromatic heterocycles. The second-order valence-electron chi connectivity index (χ2n) is 9.86. The van der Waals surface area contributed by atoms with Gasteiger partial charge in [-0.15, -0.1) is 0 Å². The predicted molar refractivity (Wildman–Crippen MR) is 143 cm³/mol. The van der Waals surface area contributed by atoms with Gasteiger partial charge in [-0.2, -0.15) is 0 Å². The number of aromatic amines is 1. The molecular weight excluding hydrogens is 544 g/mol. The number of carbonyl (C=O) groups is 1. The minimum Gasteiger partial charge on any atom is -0.477 e. The summed E-state index contributed by atoms with van der Waals surface area (Å²) in [6.07, 6.45) is 3.76. The van der Waals surface area contributed by atoms with E-state index < -0.39 is 17.6 Å². The van der Waals surface area contributed by atoms with E-state index in [-0.39, 0.29) is 34.9 Å². The van der Waals surface area contributed by atoms with Crippen molar-refractivity contribution < 1.29 is 28.2 Å². The number of hydrogen-bond donors (Lipinski definition) is 2. The van der Waals surface area contributed by atoms with Gasteiger partial charge < -0.3 is 24.1 Å². The van der Waals surface area contributed by atoms with Gasteiger partial charge in [-0.3, -0.25) is 4.90 Å². The fourth-order valence-electron chi connectivity index (χ4n) is 4.90. The zero-order chi connectivity index (χ0) is 27.8. The van der Waals surface area contributed by atoms with Crippen LogP contribution < -0.4 is 4.74 Å². The lowest BCUT2D eigenvalue weighted by atomic mass is 10.0. The van der Waals surface area contributed by atoms with E-state index in [4.69, 9.17) is 26.1 Å². The van der Waals surface area contributed by atoms with Crippen molar-refractivity contribution >= 4 is 34.3 Å². The summed E-state index contributed by atoms with van der Waals surface area (Å²) in [7, 11) is 0. The quantitative estimate of drug-likeness (QED) is 0.291. The van der Waals surface area contributed by atoms with E-state index >= 15 is 0 Å². The molecule has 0 spiro atoms. The van der Waals surface area contributed by atoms with Crippen LogP contribution in [0.25, 0.3) is 16.7 Å². The molecule has 40 heavy (non-hydrogen) atoms. The number of aromatic nitrogens is 4. The normalized spacial score (nSPS) is 17.6. The predicted octanol–water partition coefficient (Wildman–Crippen LogP) is 5.05. The summed E-state index contributed by atoms with van der Waals surface area (Å²) >= 11 is 5.79. The molecule has 1 fully saturated rings. The summed E-state index contributed by atoms with van der Waals surface area (Å²) in [5.41, 5.74) is 3.21. The third kappa shape index (κ3) is 5.45. The lowest BCUT2D eigenvalue weighted by molar-refractivity contribution is -0.0591. The van der Waals surface area contributed by atoms with Gasteiger partial charge >= 0.3 is 5.97 Å². The molecule has 12 heteroatoms. The third-order valence-corrected chi connectivity index (χ3v) is 7.45. The highest BCUT2D eigenvalue weighted by molar-refractivity contribution is 6.30. The summed E-state index contributed by atoms with van der Waals surface area (Å²) in [4.78, 5) is 25.6. The fourth-order valence-corrected chi connectivity index (χ4v) is 5.06. The van der Waals surface area contributed by atoms with Crippen LogP contribution in [0.15, 0.2) is 42.5 Å². The van der Waals surface area contributed by atoms with Gasteiger partial charge in [0, 0.05) is 30.3 Å². The number of ether oxygens (including phenoxy) is 2. The van der Waals surface area contributed by atoms with Gasteiger partial charge in [-0.1, -0.05) is 23.7 Å². The first-order valence-corrected chi connectivity index (χ1v) is 13.3. The van der Waals surface area contributed by atoms with Crippen LogP contribution >= 0.6 is 11.6 Å². The Bertz CT molecular complexity index is 1610. The van der Waals surface area contributed by atoms with Crippen LogP contribution in [0.1, 0.15) is 40.4 Å². The third-order valence-electron chi connectivity index (χ3n) is 7.21.